The van der Waals surface area contributed by atoms with E-state index < -0.39 is 21.4 Å². The van der Waals surface area contributed by atoms with Gasteiger partial charge in [-0.2, -0.15) is 0 Å². The number of carbonyl (C=O) groups excluding carboxylic acids is 1. The lowest BCUT2D eigenvalue weighted by molar-refractivity contribution is -0.150. The molecule has 0 radical (unpaired) electrons. The topological polar surface area (TPSA) is 104 Å². The van der Waals surface area contributed by atoms with Crippen molar-refractivity contribution >= 4 is 21.9 Å². The van der Waals surface area contributed by atoms with Gasteiger partial charge >= 0.3 is 5.97 Å². The number of benzene rings is 1. The number of rotatable bonds is 5. The van der Waals surface area contributed by atoms with Crippen molar-refractivity contribution in [3.8, 4) is 0 Å². The smallest absolute Gasteiger partial charge is 0.311 e. The number of amides is 1. The fourth-order valence-corrected chi connectivity index (χ4v) is 4.34. The fourth-order valence-electron chi connectivity index (χ4n) is 3.04. The van der Waals surface area contributed by atoms with Gasteiger partial charge in [-0.3, -0.25) is 9.59 Å². The van der Waals surface area contributed by atoms with Crippen LogP contribution in [0.4, 0.5) is 0 Å². The highest BCUT2D eigenvalue weighted by Gasteiger charge is 2.39. The molecule has 3 rings (SSSR count). The molecule has 1 aromatic carbocycles. The quantitative estimate of drug-likeness (QED) is 0.821. The van der Waals surface area contributed by atoms with E-state index in [9.17, 15) is 23.1 Å². The molecule has 1 saturated carbocycles. The van der Waals surface area contributed by atoms with Crippen LogP contribution >= 0.6 is 0 Å². The molecular formula is C17H22N2O5S. The first-order chi connectivity index (χ1) is 11.7. The number of sulfonamides is 1. The van der Waals surface area contributed by atoms with Crippen molar-refractivity contribution in [1.29, 1.82) is 0 Å². The number of piperidine rings is 1. The van der Waals surface area contributed by atoms with Crippen LogP contribution in [0.5, 0.6) is 0 Å². The third-order valence-corrected chi connectivity index (χ3v) is 6.35. The summed E-state index contributed by atoms with van der Waals surface area (Å²) in [6, 6.07) is 5.82. The van der Waals surface area contributed by atoms with Gasteiger partial charge in [-0.05, 0) is 56.9 Å². The van der Waals surface area contributed by atoms with E-state index in [1.807, 2.05) is 0 Å². The monoisotopic (exact) mass is 366 g/mol. The number of nitrogens with zero attached hydrogens (tertiary/aromatic N) is 1. The third-order valence-electron chi connectivity index (χ3n) is 4.81. The maximum atomic E-state index is 12.6. The van der Waals surface area contributed by atoms with Gasteiger partial charge < -0.3 is 10.0 Å². The molecular weight excluding hydrogens is 344 g/mol. The predicted octanol–water partition coefficient (Wildman–Crippen LogP) is 1.45. The molecule has 25 heavy (non-hydrogen) atoms. The minimum Gasteiger partial charge on any atom is -0.481 e. The molecule has 1 heterocycles. The summed E-state index contributed by atoms with van der Waals surface area (Å²) in [5.74, 6) is -1.18. The van der Waals surface area contributed by atoms with Gasteiger partial charge in [0.15, 0.2) is 0 Å². The van der Waals surface area contributed by atoms with E-state index >= 15 is 0 Å². The molecule has 0 spiro atoms. The molecule has 1 aliphatic carbocycles. The van der Waals surface area contributed by atoms with Crippen LogP contribution in [0.15, 0.2) is 29.2 Å². The van der Waals surface area contributed by atoms with Crippen molar-refractivity contribution in [1.82, 2.24) is 9.62 Å². The first-order valence-electron chi connectivity index (χ1n) is 8.36. The van der Waals surface area contributed by atoms with E-state index in [2.05, 4.69) is 4.72 Å². The van der Waals surface area contributed by atoms with E-state index in [4.69, 9.17) is 0 Å². The van der Waals surface area contributed by atoms with E-state index in [0.717, 1.165) is 12.8 Å². The fraction of sp³-hybridized carbons (Fsp3) is 0.529. The maximum absolute atomic E-state index is 12.6. The van der Waals surface area contributed by atoms with Gasteiger partial charge in [-0.1, -0.05) is 0 Å². The zero-order valence-corrected chi connectivity index (χ0v) is 14.9. The normalized spacial score (nSPS) is 24.1. The zero-order valence-electron chi connectivity index (χ0n) is 14.1. The summed E-state index contributed by atoms with van der Waals surface area (Å²) < 4.78 is 26.9. The molecule has 2 aliphatic rings. The number of aliphatic carboxylic acids is 1. The summed E-state index contributed by atoms with van der Waals surface area (Å²) in [7, 11) is -3.55. The molecule has 2 fully saturated rings. The second-order valence-corrected chi connectivity index (χ2v) is 8.83. The van der Waals surface area contributed by atoms with E-state index in [-0.39, 0.29) is 23.4 Å². The Bertz CT molecular complexity index is 786. The van der Waals surface area contributed by atoms with Crippen LogP contribution in [-0.2, 0) is 14.8 Å². The molecule has 1 aliphatic heterocycles. The molecule has 1 amide bonds. The number of hydrogen-bond acceptors (Lipinski definition) is 4. The molecule has 1 unspecified atom stereocenters. The van der Waals surface area contributed by atoms with Crippen LogP contribution in [0, 0.1) is 5.41 Å². The molecule has 7 nitrogen and oxygen atoms in total. The van der Waals surface area contributed by atoms with Crippen molar-refractivity contribution in [3.05, 3.63) is 29.8 Å². The van der Waals surface area contributed by atoms with E-state index in [0.29, 0.717) is 24.9 Å². The highest BCUT2D eigenvalue weighted by molar-refractivity contribution is 7.89. The number of likely N-dealkylation sites (tertiary alicyclic amines) is 1. The molecule has 0 bridgehead atoms. The zero-order chi connectivity index (χ0) is 18.2. The van der Waals surface area contributed by atoms with Crippen molar-refractivity contribution in [2.45, 2.75) is 43.5 Å². The maximum Gasteiger partial charge on any atom is 0.311 e. The Hall–Kier alpha value is -1.93. The predicted molar refractivity (Wildman–Crippen MR) is 90.7 cm³/mol. The average Bonchev–Trinajstić information content (AvgIpc) is 3.37. The van der Waals surface area contributed by atoms with Gasteiger partial charge in [0.1, 0.15) is 0 Å². The summed E-state index contributed by atoms with van der Waals surface area (Å²) in [5.41, 5.74) is -0.578. The van der Waals surface area contributed by atoms with Gasteiger partial charge in [0.2, 0.25) is 10.0 Å². The Balaban J connectivity index is 1.73. The van der Waals surface area contributed by atoms with Crippen LogP contribution in [0.25, 0.3) is 0 Å². The van der Waals surface area contributed by atoms with Crippen LogP contribution in [0.3, 0.4) is 0 Å². The highest BCUT2D eigenvalue weighted by Crippen LogP contribution is 2.30. The Labute approximate surface area is 147 Å². The number of nitrogens with one attached hydrogen (secondary N) is 1. The lowest BCUT2D eigenvalue weighted by Crippen LogP contribution is -2.48. The molecule has 1 aromatic rings. The van der Waals surface area contributed by atoms with E-state index in [1.54, 1.807) is 6.92 Å². The van der Waals surface area contributed by atoms with Crippen molar-refractivity contribution in [3.63, 3.8) is 0 Å². The number of carbonyl (C=O) groups is 2. The van der Waals surface area contributed by atoms with Gasteiger partial charge in [-0.15, -0.1) is 0 Å². The van der Waals surface area contributed by atoms with E-state index in [1.165, 1.54) is 29.2 Å². The number of hydrogen-bond donors (Lipinski definition) is 2. The average molecular weight is 366 g/mol. The van der Waals surface area contributed by atoms with Crippen LogP contribution in [-0.4, -0.2) is 49.4 Å². The lowest BCUT2D eigenvalue weighted by atomic mass is 9.82. The molecule has 1 atom stereocenters. The first-order valence-corrected chi connectivity index (χ1v) is 9.85. The van der Waals surface area contributed by atoms with Gasteiger partial charge in [0, 0.05) is 24.7 Å². The van der Waals surface area contributed by atoms with Crippen molar-refractivity contribution in [2.75, 3.05) is 13.1 Å². The summed E-state index contributed by atoms with van der Waals surface area (Å²) in [5, 5.41) is 9.36. The lowest BCUT2D eigenvalue weighted by Gasteiger charge is -2.37. The second-order valence-electron chi connectivity index (χ2n) is 7.12. The summed E-state index contributed by atoms with van der Waals surface area (Å²) >= 11 is 0. The Morgan fingerprint density at radius 3 is 2.44 bits per heavy atom. The first kappa shape index (κ1) is 17.9. The van der Waals surface area contributed by atoms with Gasteiger partial charge in [0.05, 0.1) is 10.3 Å². The summed E-state index contributed by atoms with van der Waals surface area (Å²) in [6.45, 7) is 2.31. The van der Waals surface area contributed by atoms with Crippen LogP contribution < -0.4 is 4.72 Å². The Morgan fingerprint density at radius 1 is 1.24 bits per heavy atom. The van der Waals surface area contributed by atoms with Gasteiger partial charge in [0.25, 0.3) is 5.91 Å². The highest BCUT2D eigenvalue weighted by atomic mass is 32.2. The number of carboxylic acids is 1. The molecule has 136 valence electrons. The minimum atomic E-state index is -3.55. The van der Waals surface area contributed by atoms with Crippen LogP contribution in [0.2, 0.25) is 0 Å². The van der Waals surface area contributed by atoms with Crippen LogP contribution in [0.1, 0.15) is 43.0 Å². The summed E-state index contributed by atoms with van der Waals surface area (Å²) in [6.07, 6.45) is 2.88. The SMILES string of the molecule is CC1(C(=O)O)CCCN(C(=O)c2ccc(S(=O)(=O)NC3CC3)cc2)C1. The van der Waals surface area contributed by atoms with Gasteiger partial charge in [-0.25, -0.2) is 13.1 Å². The molecule has 2 N–H and O–H groups in total. The molecule has 0 aromatic heterocycles. The largest absolute Gasteiger partial charge is 0.481 e. The number of carboxylic acid groups (broad SMARTS) is 1. The van der Waals surface area contributed by atoms with Crippen molar-refractivity contribution in [2.24, 2.45) is 5.41 Å². The summed E-state index contributed by atoms with van der Waals surface area (Å²) in [4.78, 5) is 25.7. The Kier molecular flexibility index (Phi) is 4.59. The minimum absolute atomic E-state index is 0.0216. The standard InChI is InChI=1S/C17H22N2O5S/c1-17(16(21)22)9-2-10-19(11-17)15(20)12-3-7-14(8-4-12)25(23,24)18-13-5-6-13/h3-4,7-8,13,18H,2,5-6,9-11H2,1H3,(H,21,22). The third kappa shape index (κ3) is 3.85. The van der Waals surface area contributed by atoms with Crippen molar-refractivity contribution < 1.29 is 23.1 Å². The molecule has 1 saturated heterocycles. The second kappa shape index (κ2) is 6.42. The molecule has 8 heteroatoms. The Morgan fingerprint density at radius 2 is 1.88 bits per heavy atom.